The number of nitrogens with one attached hydrogen (secondary N) is 2. The van der Waals surface area contributed by atoms with Crippen molar-refractivity contribution in [1.29, 1.82) is 0 Å². The highest BCUT2D eigenvalue weighted by atomic mass is 16.4. The molecule has 0 saturated heterocycles. The molecule has 0 bridgehead atoms. The van der Waals surface area contributed by atoms with Gasteiger partial charge in [-0.3, -0.25) is 9.78 Å². The van der Waals surface area contributed by atoms with Crippen LogP contribution < -0.4 is 11.1 Å². The molecule has 0 amide bonds. The van der Waals surface area contributed by atoms with Gasteiger partial charge in [-0.1, -0.05) is 6.07 Å². The standard InChI is InChI=1S/C13H16N2O4/c1-13(2,11(16)17)14-6-5-8-3-4-9-10(7-8)19-12(18)15-9/h3-4,7,14H,5-6H2,1-2H3,(H,15,18)(H,16,17). The largest absolute Gasteiger partial charge is 0.480 e. The van der Waals surface area contributed by atoms with Crippen LogP contribution in [-0.4, -0.2) is 28.1 Å². The van der Waals surface area contributed by atoms with Gasteiger partial charge < -0.3 is 14.8 Å². The Balaban J connectivity index is 2.02. The molecular formula is C13H16N2O4. The fraction of sp³-hybridized carbons (Fsp3) is 0.385. The number of oxazole rings is 1. The molecule has 2 aromatic rings. The third-order valence-corrected chi connectivity index (χ3v) is 3.00. The highest BCUT2D eigenvalue weighted by Gasteiger charge is 2.25. The monoisotopic (exact) mass is 264 g/mol. The molecule has 19 heavy (non-hydrogen) atoms. The summed E-state index contributed by atoms with van der Waals surface area (Å²) in [5, 5.41) is 11.9. The number of carboxylic acids is 1. The van der Waals surface area contributed by atoms with Gasteiger partial charge in [0.15, 0.2) is 5.58 Å². The van der Waals surface area contributed by atoms with Gasteiger partial charge in [0.1, 0.15) is 5.54 Å². The van der Waals surface area contributed by atoms with E-state index in [4.69, 9.17) is 9.52 Å². The summed E-state index contributed by atoms with van der Waals surface area (Å²) >= 11 is 0. The molecule has 0 saturated carbocycles. The first-order valence-corrected chi connectivity index (χ1v) is 5.99. The molecule has 0 aliphatic rings. The molecule has 1 aromatic carbocycles. The van der Waals surface area contributed by atoms with E-state index in [1.54, 1.807) is 26.0 Å². The van der Waals surface area contributed by atoms with E-state index in [0.717, 1.165) is 5.56 Å². The summed E-state index contributed by atoms with van der Waals surface area (Å²) in [6.07, 6.45) is 0.654. The zero-order chi connectivity index (χ0) is 14.0. The van der Waals surface area contributed by atoms with Crippen LogP contribution in [0.5, 0.6) is 0 Å². The van der Waals surface area contributed by atoms with Crippen molar-refractivity contribution in [1.82, 2.24) is 10.3 Å². The number of benzene rings is 1. The van der Waals surface area contributed by atoms with Crippen LogP contribution in [0.15, 0.2) is 27.4 Å². The highest BCUT2D eigenvalue weighted by Crippen LogP contribution is 2.13. The SMILES string of the molecule is CC(C)(NCCc1ccc2[nH]c(=O)oc2c1)C(=O)O. The number of rotatable bonds is 5. The van der Waals surface area contributed by atoms with Gasteiger partial charge >= 0.3 is 11.7 Å². The van der Waals surface area contributed by atoms with Crippen LogP contribution in [0.3, 0.4) is 0 Å². The lowest BCUT2D eigenvalue weighted by Crippen LogP contribution is -2.47. The second-order valence-corrected chi connectivity index (χ2v) is 4.95. The Labute approximate surface area is 109 Å². The predicted molar refractivity (Wildman–Crippen MR) is 70.3 cm³/mol. The summed E-state index contributed by atoms with van der Waals surface area (Å²) in [4.78, 5) is 24.5. The number of H-pyrrole nitrogens is 1. The van der Waals surface area contributed by atoms with Crippen LogP contribution >= 0.6 is 0 Å². The molecule has 102 valence electrons. The molecule has 1 heterocycles. The van der Waals surface area contributed by atoms with Crippen LogP contribution in [0.2, 0.25) is 0 Å². The van der Waals surface area contributed by atoms with Crippen LogP contribution in [0.4, 0.5) is 0 Å². The Kier molecular flexibility index (Phi) is 3.44. The quantitative estimate of drug-likeness (QED) is 0.752. The Morgan fingerprint density at radius 3 is 2.89 bits per heavy atom. The molecule has 2 rings (SSSR count). The maximum absolute atomic E-state index is 11.0. The van der Waals surface area contributed by atoms with E-state index in [0.29, 0.717) is 24.1 Å². The average Bonchev–Trinajstić information content (AvgIpc) is 2.68. The lowest BCUT2D eigenvalue weighted by molar-refractivity contribution is -0.143. The fourth-order valence-corrected chi connectivity index (χ4v) is 1.74. The van der Waals surface area contributed by atoms with Crippen molar-refractivity contribution < 1.29 is 14.3 Å². The summed E-state index contributed by atoms with van der Waals surface area (Å²) in [7, 11) is 0. The third kappa shape index (κ3) is 3.03. The maximum atomic E-state index is 11.0. The predicted octanol–water partition coefficient (Wildman–Crippen LogP) is 1.12. The van der Waals surface area contributed by atoms with E-state index < -0.39 is 17.3 Å². The molecule has 1 aromatic heterocycles. The van der Waals surface area contributed by atoms with Gasteiger partial charge in [-0.25, -0.2) is 4.79 Å². The van der Waals surface area contributed by atoms with E-state index >= 15 is 0 Å². The van der Waals surface area contributed by atoms with Crippen molar-refractivity contribution in [2.75, 3.05) is 6.54 Å². The van der Waals surface area contributed by atoms with E-state index in [1.807, 2.05) is 6.07 Å². The van der Waals surface area contributed by atoms with Gasteiger partial charge in [0.05, 0.1) is 5.52 Å². The van der Waals surface area contributed by atoms with Crippen LogP contribution in [0.1, 0.15) is 19.4 Å². The number of fused-ring (bicyclic) bond motifs is 1. The van der Waals surface area contributed by atoms with Crippen molar-refractivity contribution >= 4 is 17.1 Å². The Morgan fingerprint density at radius 1 is 1.47 bits per heavy atom. The summed E-state index contributed by atoms with van der Waals surface area (Å²) in [5.41, 5.74) is 1.20. The number of aliphatic carboxylic acids is 1. The number of aromatic amines is 1. The topological polar surface area (TPSA) is 95.3 Å². The maximum Gasteiger partial charge on any atom is 0.417 e. The first-order chi connectivity index (χ1) is 8.88. The van der Waals surface area contributed by atoms with E-state index in [1.165, 1.54) is 0 Å². The second kappa shape index (κ2) is 4.89. The number of carboxylic acid groups (broad SMARTS) is 1. The molecule has 6 heteroatoms. The summed E-state index contributed by atoms with van der Waals surface area (Å²) in [6, 6.07) is 5.43. The van der Waals surface area contributed by atoms with E-state index in [2.05, 4.69) is 10.3 Å². The van der Waals surface area contributed by atoms with Gasteiger partial charge in [-0.15, -0.1) is 0 Å². The van der Waals surface area contributed by atoms with Gasteiger partial charge in [-0.2, -0.15) is 0 Å². The number of aromatic nitrogens is 1. The molecule has 0 aliphatic carbocycles. The Morgan fingerprint density at radius 2 is 2.21 bits per heavy atom. The molecule has 0 unspecified atom stereocenters. The minimum atomic E-state index is -0.954. The molecule has 0 atom stereocenters. The molecule has 0 spiro atoms. The fourth-order valence-electron chi connectivity index (χ4n) is 1.74. The highest BCUT2D eigenvalue weighted by molar-refractivity contribution is 5.77. The molecule has 0 radical (unpaired) electrons. The van der Waals surface area contributed by atoms with E-state index in [9.17, 15) is 9.59 Å². The van der Waals surface area contributed by atoms with Crippen molar-refractivity contribution in [3.05, 3.63) is 34.3 Å². The zero-order valence-corrected chi connectivity index (χ0v) is 10.8. The molecule has 3 N–H and O–H groups in total. The van der Waals surface area contributed by atoms with Crippen molar-refractivity contribution in [2.45, 2.75) is 25.8 Å². The molecule has 0 aliphatic heterocycles. The van der Waals surface area contributed by atoms with Crippen LogP contribution in [0, 0.1) is 0 Å². The smallest absolute Gasteiger partial charge is 0.417 e. The Bertz CT molecular complexity index is 654. The van der Waals surface area contributed by atoms with Gasteiger partial charge in [0, 0.05) is 6.54 Å². The molecule has 6 nitrogen and oxygen atoms in total. The summed E-state index contributed by atoms with van der Waals surface area (Å²) < 4.78 is 4.97. The first-order valence-electron chi connectivity index (χ1n) is 5.99. The Hall–Kier alpha value is -2.08. The second-order valence-electron chi connectivity index (χ2n) is 4.95. The van der Waals surface area contributed by atoms with Crippen LogP contribution in [0.25, 0.3) is 11.1 Å². The van der Waals surface area contributed by atoms with Gasteiger partial charge in [0.2, 0.25) is 0 Å². The lowest BCUT2D eigenvalue weighted by atomic mass is 10.1. The molecular weight excluding hydrogens is 248 g/mol. The minimum absolute atomic E-state index is 0.475. The number of hydrogen-bond donors (Lipinski definition) is 3. The first kappa shape index (κ1) is 13.4. The zero-order valence-electron chi connectivity index (χ0n) is 10.8. The van der Waals surface area contributed by atoms with Gasteiger partial charge in [0.25, 0.3) is 0 Å². The van der Waals surface area contributed by atoms with Crippen molar-refractivity contribution in [2.24, 2.45) is 0 Å². The van der Waals surface area contributed by atoms with Crippen molar-refractivity contribution in [3.8, 4) is 0 Å². The average molecular weight is 264 g/mol. The minimum Gasteiger partial charge on any atom is -0.480 e. The number of hydrogen-bond acceptors (Lipinski definition) is 4. The summed E-state index contributed by atoms with van der Waals surface area (Å²) in [6.45, 7) is 3.76. The van der Waals surface area contributed by atoms with Crippen molar-refractivity contribution in [3.63, 3.8) is 0 Å². The van der Waals surface area contributed by atoms with Gasteiger partial charge in [-0.05, 0) is 38.0 Å². The van der Waals surface area contributed by atoms with Crippen LogP contribution in [-0.2, 0) is 11.2 Å². The summed E-state index contributed by atoms with van der Waals surface area (Å²) in [5.74, 6) is -1.36. The lowest BCUT2D eigenvalue weighted by Gasteiger charge is -2.20. The number of carbonyl (C=O) groups is 1. The normalized spacial score (nSPS) is 11.9. The molecule has 0 fully saturated rings. The van der Waals surface area contributed by atoms with E-state index in [-0.39, 0.29) is 0 Å². The third-order valence-electron chi connectivity index (χ3n) is 3.00.